The van der Waals surface area contributed by atoms with Crippen LogP contribution in [0.1, 0.15) is 25.0 Å². The van der Waals surface area contributed by atoms with E-state index in [9.17, 15) is 0 Å². The Bertz CT molecular complexity index is 509. The van der Waals surface area contributed by atoms with Gasteiger partial charge in [-0.1, -0.05) is 36.4 Å². The molecule has 0 spiro atoms. The second-order valence-electron chi connectivity index (χ2n) is 5.13. The SMILES string of the molecule is Cc1ccccc1OC(C)(C)Oc1ccccc1C. The molecule has 2 nitrogen and oxygen atoms in total. The molecule has 0 saturated carbocycles. The van der Waals surface area contributed by atoms with Gasteiger partial charge < -0.3 is 9.47 Å². The van der Waals surface area contributed by atoms with Crippen LogP contribution >= 0.6 is 0 Å². The van der Waals surface area contributed by atoms with Crippen LogP contribution in [0, 0.1) is 13.8 Å². The highest BCUT2D eigenvalue weighted by atomic mass is 16.7. The Morgan fingerprint density at radius 3 is 1.42 bits per heavy atom. The summed E-state index contributed by atoms with van der Waals surface area (Å²) in [5.41, 5.74) is 2.20. The van der Waals surface area contributed by atoms with Gasteiger partial charge >= 0.3 is 0 Å². The van der Waals surface area contributed by atoms with E-state index in [1.807, 2.05) is 76.2 Å². The van der Waals surface area contributed by atoms with Crippen molar-refractivity contribution in [3.63, 3.8) is 0 Å². The molecule has 0 saturated heterocycles. The Morgan fingerprint density at radius 1 is 0.684 bits per heavy atom. The highest BCUT2D eigenvalue weighted by molar-refractivity contribution is 5.34. The van der Waals surface area contributed by atoms with Crippen molar-refractivity contribution in [1.82, 2.24) is 0 Å². The molecule has 19 heavy (non-hydrogen) atoms. The van der Waals surface area contributed by atoms with Gasteiger partial charge in [0.2, 0.25) is 5.79 Å². The molecular formula is C17H20O2. The Labute approximate surface area is 115 Å². The fourth-order valence-electron chi connectivity index (χ4n) is 1.89. The lowest BCUT2D eigenvalue weighted by molar-refractivity contribution is -0.0817. The van der Waals surface area contributed by atoms with Crippen LogP contribution < -0.4 is 9.47 Å². The summed E-state index contributed by atoms with van der Waals surface area (Å²) < 4.78 is 11.9. The molecule has 0 atom stereocenters. The molecule has 2 aromatic carbocycles. The summed E-state index contributed by atoms with van der Waals surface area (Å²) in [5.74, 6) is 0.986. The van der Waals surface area contributed by atoms with Gasteiger partial charge in [0.15, 0.2) is 0 Å². The molecule has 0 aromatic heterocycles. The molecule has 0 fully saturated rings. The fourth-order valence-corrected chi connectivity index (χ4v) is 1.89. The number of benzene rings is 2. The number of para-hydroxylation sites is 2. The van der Waals surface area contributed by atoms with Crippen LogP contribution in [0.2, 0.25) is 0 Å². The van der Waals surface area contributed by atoms with Gasteiger partial charge in [-0.2, -0.15) is 0 Å². The first-order valence-corrected chi connectivity index (χ1v) is 6.47. The van der Waals surface area contributed by atoms with Crippen LogP contribution in [0.5, 0.6) is 11.5 Å². The minimum atomic E-state index is -0.710. The topological polar surface area (TPSA) is 18.5 Å². The Hall–Kier alpha value is -1.96. The van der Waals surface area contributed by atoms with E-state index >= 15 is 0 Å². The third-order valence-corrected chi connectivity index (χ3v) is 2.90. The molecule has 0 heterocycles. The zero-order valence-electron chi connectivity index (χ0n) is 11.9. The van der Waals surface area contributed by atoms with E-state index in [2.05, 4.69) is 0 Å². The molecule has 0 aliphatic heterocycles. The standard InChI is InChI=1S/C17H20O2/c1-13-9-5-7-11-15(13)18-17(3,4)19-16-12-8-6-10-14(16)2/h5-12H,1-4H3. The molecule has 2 aromatic rings. The Kier molecular flexibility index (Phi) is 3.79. The number of ether oxygens (including phenoxy) is 2. The highest BCUT2D eigenvalue weighted by Crippen LogP contribution is 2.26. The number of aryl methyl sites for hydroxylation is 2. The van der Waals surface area contributed by atoms with Gasteiger partial charge in [0.1, 0.15) is 11.5 Å². The molecule has 0 bridgehead atoms. The Morgan fingerprint density at radius 2 is 1.05 bits per heavy atom. The summed E-state index contributed by atoms with van der Waals surface area (Å²) in [6.45, 7) is 7.90. The molecule has 100 valence electrons. The van der Waals surface area contributed by atoms with Crippen molar-refractivity contribution in [2.24, 2.45) is 0 Å². The highest BCUT2D eigenvalue weighted by Gasteiger charge is 2.23. The zero-order valence-corrected chi connectivity index (χ0v) is 11.9. The van der Waals surface area contributed by atoms with Crippen LogP contribution in [0.15, 0.2) is 48.5 Å². The maximum absolute atomic E-state index is 5.97. The van der Waals surface area contributed by atoms with Crippen molar-refractivity contribution in [2.75, 3.05) is 0 Å². The second-order valence-corrected chi connectivity index (χ2v) is 5.13. The van der Waals surface area contributed by atoms with Crippen LogP contribution in [0.3, 0.4) is 0 Å². The predicted molar refractivity (Wildman–Crippen MR) is 77.7 cm³/mol. The van der Waals surface area contributed by atoms with Crippen molar-refractivity contribution in [3.05, 3.63) is 59.7 Å². The van der Waals surface area contributed by atoms with Gasteiger partial charge in [-0.05, 0) is 37.1 Å². The lowest BCUT2D eigenvalue weighted by Crippen LogP contribution is -2.35. The minimum absolute atomic E-state index is 0.710. The summed E-state index contributed by atoms with van der Waals surface area (Å²) in [5, 5.41) is 0. The Balaban J connectivity index is 2.15. The summed E-state index contributed by atoms with van der Waals surface area (Å²) in [6, 6.07) is 15.9. The normalized spacial score (nSPS) is 11.2. The lowest BCUT2D eigenvalue weighted by Gasteiger charge is -2.28. The van der Waals surface area contributed by atoms with E-state index in [1.165, 1.54) is 0 Å². The molecule has 0 radical (unpaired) electrons. The van der Waals surface area contributed by atoms with Gasteiger partial charge in [0, 0.05) is 13.8 Å². The average Bonchev–Trinajstić information content (AvgIpc) is 2.35. The zero-order chi connectivity index (χ0) is 13.9. The summed E-state index contributed by atoms with van der Waals surface area (Å²) in [6.07, 6.45) is 0. The number of hydrogen-bond donors (Lipinski definition) is 0. The van der Waals surface area contributed by atoms with Crippen LogP contribution in [0.4, 0.5) is 0 Å². The second kappa shape index (κ2) is 5.35. The minimum Gasteiger partial charge on any atom is -0.453 e. The van der Waals surface area contributed by atoms with Crippen molar-refractivity contribution in [3.8, 4) is 11.5 Å². The molecule has 0 unspecified atom stereocenters. The van der Waals surface area contributed by atoms with Crippen molar-refractivity contribution >= 4 is 0 Å². The van der Waals surface area contributed by atoms with Crippen LogP contribution in [0.25, 0.3) is 0 Å². The van der Waals surface area contributed by atoms with E-state index < -0.39 is 5.79 Å². The van der Waals surface area contributed by atoms with Gasteiger partial charge in [-0.3, -0.25) is 0 Å². The molecule has 0 N–H and O–H groups in total. The summed E-state index contributed by atoms with van der Waals surface area (Å²) in [7, 11) is 0. The fraction of sp³-hybridized carbons (Fsp3) is 0.294. The molecule has 0 aliphatic rings. The van der Waals surface area contributed by atoms with Crippen molar-refractivity contribution < 1.29 is 9.47 Å². The van der Waals surface area contributed by atoms with E-state index in [0.29, 0.717) is 0 Å². The smallest absolute Gasteiger partial charge is 0.245 e. The average molecular weight is 256 g/mol. The maximum Gasteiger partial charge on any atom is 0.245 e. The lowest BCUT2D eigenvalue weighted by atomic mass is 10.2. The third kappa shape index (κ3) is 3.50. The number of rotatable bonds is 4. The molecule has 2 rings (SSSR count). The first-order valence-electron chi connectivity index (χ1n) is 6.47. The quantitative estimate of drug-likeness (QED) is 0.750. The molecule has 0 amide bonds. The van der Waals surface area contributed by atoms with Crippen molar-refractivity contribution in [1.29, 1.82) is 0 Å². The van der Waals surface area contributed by atoms with E-state index in [0.717, 1.165) is 22.6 Å². The summed E-state index contributed by atoms with van der Waals surface area (Å²) >= 11 is 0. The largest absolute Gasteiger partial charge is 0.453 e. The van der Waals surface area contributed by atoms with E-state index in [4.69, 9.17) is 9.47 Å². The van der Waals surface area contributed by atoms with Gasteiger partial charge in [-0.15, -0.1) is 0 Å². The monoisotopic (exact) mass is 256 g/mol. The van der Waals surface area contributed by atoms with E-state index in [1.54, 1.807) is 0 Å². The molecule has 0 aliphatic carbocycles. The predicted octanol–water partition coefficient (Wildman–Crippen LogP) is 4.50. The van der Waals surface area contributed by atoms with Crippen LogP contribution in [-0.4, -0.2) is 5.79 Å². The van der Waals surface area contributed by atoms with Crippen LogP contribution in [-0.2, 0) is 0 Å². The van der Waals surface area contributed by atoms with Gasteiger partial charge in [0.25, 0.3) is 0 Å². The first-order chi connectivity index (χ1) is 8.98. The molecular weight excluding hydrogens is 236 g/mol. The maximum atomic E-state index is 5.97. The van der Waals surface area contributed by atoms with Gasteiger partial charge in [0.05, 0.1) is 0 Å². The number of hydrogen-bond acceptors (Lipinski definition) is 2. The first kappa shape index (κ1) is 13.5. The molecule has 2 heteroatoms. The summed E-state index contributed by atoms with van der Waals surface area (Å²) in [4.78, 5) is 0. The van der Waals surface area contributed by atoms with E-state index in [-0.39, 0.29) is 0 Å². The van der Waals surface area contributed by atoms with Gasteiger partial charge in [-0.25, -0.2) is 0 Å². The third-order valence-electron chi connectivity index (χ3n) is 2.90. The van der Waals surface area contributed by atoms with Crippen molar-refractivity contribution in [2.45, 2.75) is 33.5 Å².